The number of H-pyrrole nitrogens is 1. The number of alkyl halides is 2. The van der Waals surface area contributed by atoms with Gasteiger partial charge >= 0.3 is 6.61 Å². The molecule has 0 saturated carbocycles. The van der Waals surface area contributed by atoms with Crippen LogP contribution in [0.5, 0.6) is 5.75 Å². The van der Waals surface area contributed by atoms with Gasteiger partial charge in [-0.2, -0.15) is 13.9 Å². The average Bonchev–Trinajstić information content (AvgIpc) is 2.49. The van der Waals surface area contributed by atoms with E-state index < -0.39 is 12.2 Å². The van der Waals surface area contributed by atoms with Crippen molar-refractivity contribution in [3.8, 4) is 5.75 Å². The zero-order valence-electron chi connectivity index (χ0n) is 12.7. The summed E-state index contributed by atoms with van der Waals surface area (Å²) in [4.78, 5) is 13.9. The van der Waals surface area contributed by atoms with E-state index in [4.69, 9.17) is 0 Å². The van der Waals surface area contributed by atoms with Crippen LogP contribution < -0.4 is 15.7 Å². The number of hydrogen-bond donors (Lipinski definition) is 2. The monoisotopic (exact) mass is 323 g/mol. The summed E-state index contributed by atoms with van der Waals surface area (Å²) >= 11 is 0. The molecule has 0 spiro atoms. The maximum absolute atomic E-state index is 12.5. The summed E-state index contributed by atoms with van der Waals surface area (Å²) in [6.45, 7) is 2.01. The number of aromatic amines is 1. The molecule has 0 aliphatic heterocycles. The maximum Gasteiger partial charge on any atom is 0.387 e. The number of anilines is 1. The van der Waals surface area contributed by atoms with Gasteiger partial charge in [-0.25, -0.2) is 5.43 Å². The van der Waals surface area contributed by atoms with E-state index in [-0.39, 0.29) is 17.4 Å². The van der Waals surface area contributed by atoms with Crippen LogP contribution in [0.2, 0.25) is 0 Å². The van der Waals surface area contributed by atoms with Crippen molar-refractivity contribution in [3.05, 3.63) is 45.4 Å². The van der Waals surface area contributed by atoms with Gasteiger partial charge in [-0.05, 0) is 32.9 Å². The molecule has 7 nitrogen and oxygen atoms in total. The van der Waals surface area contributed by atoms with Gasteiger partial charge in [0.2, 0.25) is 5.95 Å². The van der Waals surface area contributed by atoms with Crippen LogP contribution in [-0.2, 0) is 0 Å². The molecule has 0 saturated heterocycles. The number of rotatable bonds is 5. The van der Waals surface area contributed by atoms with Gasteiger partial charge in [0.05, 0.1) is 5.71 Å². The van der Waals surface area contributed by atoms with Gasteiger partial charge in [-0.1, -0.05) is 11.6 Å². The fourth-order valence-electron chi connectivity index (χ4n) is 1.77. The van der Waals surface area contributed by atoms with E-state index in [1.165, 1.54) is 13.0 Å². The molecule has 0 atom stereocenters. The molecule has 0 aliphatic rings. The number of aromatic nitrogens is 3. The molecule has 0 fully saturated rings. The Balaban J connectivity index is 2.27. The SMILES string of the molecule is C/C(=N/Nc1nnc(C)c(=O)[nH]1)c1cc(C)ccc1OC(F)F. The second kappa shape index (κ2) is 6.95. The predicted octanol–water partition coefficient (Wildman–Crippen LogP) is 2.22. The summed E-state index contributed by atoms with van der Waals surface area (Å²) < 4.78 is 29.4. The number of halogens is 2. The van der Waals surface area contributed by atoms with Crippen molar-refractivity contribution in [2.75, 3.05) is 5.43 Å². The second-order valence-electron chi connectivity index (χ2n) is 4.78. The van der Waals surface area contributed by atoms with E-state index in [1.54, 1.807) is 19.1 Å². The number of benzene rings is 1. The number of ether oxygens (including phenoxy) is 1. The Hall–Kier alpha value is -2.84. The highest BCUT2D eigenvalue weighted by Gasteiger charge is 2.12. The van der Waals surface area contributed by atoms with Gasteiger partial charge in [-0.15, -0.1) is 10.2 Å². The van der Waals surface area contributed by atoms with Crippen molar-refractivity contribution in [2.24, 2.45) is 5.10 Å². The van der Waals surface area contributed by atoms with Crippen LogP contribution in [0.3, 0.4) is 0 Å². The van der Waals surface area contributed by atoms with Crippen LogP contribution in [-0.4, -0.2) is 27.5 Å². The minimum absolute atomic E-state index is 0.0112. The highest BCUT2D eigenvalue weighted by Crippen LogP contribution is 2.23. The third-order valence-electron chi connectivity index (χ3n) is 2.93. The van der Waals surface area contributed by atoms with E-state index in [9.17, 15) is 13.6 Å². The molecule has 1 aromatic carbocycles. The van der Waals surface area contributed by atoms with Crippen molar-refractivity contribution in [2.45, 2.75) is 27.4 Å². The highest BCUT2D eigenvalue weighted by molar-refractivity contribution is 6.01. The average molecular weight is 323 g/mol. The van der Waals surface area contributed by atoms with Gasteiger partial charge in [0.25, 0.3) is 5.56 Å². The standard InChI is InChI=1S/C14H15F2N5O2/c1-7-4-5-11(23-13(15)16)10(6-7)8(2)18-20-14-17-12(22)9(3)19-21-14/h4-6,13H,1-3H3,(H2,17,20,21,22)/b18-8-. The normalized spacial score (nSPS) is 11.7. The predicted molar refractivity (Wildman–Crippen MR) is 81.0 cm³/mol. The summed E-state index contributed by atoms with van der Waals surface area (Å²) in [5.74, 6) is 0.0565. The van der Waals surface area contributed by atoms with Crippen LogP contribution in [0.4, 0.5) is 14.7 Å². The molecule has 0 unspecified atom stereocenters. The first kappa shape index (κ1) is 16.5. The van der Waals surface area contributed by atoms with Crippen LogP contribution in [0.25, 0.3) is 0 Å². The quantitative estimate of drug-likeness (QED) is 0.650. The lowest BCUT2D eigenvalue weighted by molar-refractivity contribution is -0.0499. The topological polar surface area (TPSA) is 92.3 Å². The Morgan fingerprint density at radius 2 is 2.09 bits per heavy atom. The Morgan fingerprint density at radius 3 is 2.74 bits per heavy atom. The summed E-state index contributed by atoms with van der Waals surface area (Å²) in [6.07, 6.45) is 0. The second-order valence-corrected chi connectivity index (χ2v) is 4.78. The summed E-state index contributed by atoms with van der Waals surface area (Å²) in [6, 6.07) is 4.77. The lowest BCUT2D eigenvalue weighted by atomic mass is 10.1. The number of hydrazone groups is 1. The van der Waals surface area contributed by atoms with Gasteiger partial charge in [0, 0.05) is 5.56 Å². The molecule has 0 bridgehead atoms. The zero-order chi connectivity index (χ0) is 17.0. The molecule has 0 radical (unpaired) electrons. The molecule has 122 valence electrons. The van der Waals surface area contributed by atoms with Gasteiger partial charge in [0.15, 0.2) is 0 Å². The number of nitrogens with one attached hydrogen (secondary N) is 2. The molecule has 23 heavy (non-hydrogen) atoms. The van der Waals surface area contributed by atoms with Crippen molar-refractivity contribution >= 4 is 11.7 Å². The maximum atomic E-state index is 12.5. The van der Waals surface area contributed by atoms with E-state index >= 15 is 0 Å². The van der Waals surface area contributed by atoms with Crippen molar-refractivity contribution in [1.82, 2.24) is 15.2 Å². The molecule has 1 heterocycles. The third kappa shape index (κ3) is 4.31. The molecule has 2 aromatic rings. The molecule has 0 amide bonds. The lowest BCUT2D eigenvalue weighted by Gasteiger charge is -2.11. The number of hydrogen-bond acceptors (Lipinski definition) is 6. The Morgan fingerprint density at radius 1 is 1.35 bits per heavy atom. The van der Waals surface area contributed by atoms with Gasteiger partial charge in [0.1, 0.15) is 11.4 Å². The van der Waals surface area contributed by atoms with Crippen molar-refractivity contribution in [1.29, 1.82) is 0 Å². The van der Waals surface area contributed by atoms with E-state index in [1.807, 2.05) is 6.92 Å². The molecule has 2 N–H and O–H groups in total. The molecule has 0 aliphatic carbocycles. The first-order valence-electron chi connectivity index (χ1n) is 6.66. The Labute approximate surface area is 130 Å². The molecule has 2 rings (SSSR count). The Kier molecular flexibility index (Phi) is 4.99. The minimum atomic E-state index is -2.93. The first-order valence-corrected chi connectivity index (χ1v) is 6.66. The molecular weight excluding hydrogens is 308 g/mol. The largest absolute Gasteiger partial charge is 0.434 e. The molecular formula is C14H15F2N5O2. The van der Waals surface area contributed by atoms with E-state index in [0.29, 0.717) is 11.3 Å². The van der Waals surface area contributed by atoms with Crippen LogP contribution in [0.15, 0.2) is 28.1 Å². The fourth-order valence-corrected chi connectivity index (χ4v) is 1.77. The summed E-state index contributed by atoms with van der Waals surface area (Å²) in [5.41, 5.74) is 4.00. The lowest BCUT2D eigenvalue weighted by Crippen LogP contribution is -2.16. The van der Waals surface area contributed by atoms with Crippen LogP contribution >= 0.6 is 0 Å². The van der Waals surface area contributed by atoms with Crippen molar-refractivity contribution in [3.63, 3.8) is 0 Å². The van der Waals surface area contributed by atoms with E-state index in [0.717, 1.165) is 5.56 Å². The van der Waals surface area contributed by atoms with Crippen LogP contribution in [0.1, 0.15) is 23.7 Å². The number of nitrogens with zero attached hydrogens (tertiary/aromatic N) is 3. The third-order valence-corrected chi connectivity index (χ3v) is 2.93. The molecule has 1 aromatic heterocycles. The van der Waals surface area contributed by atoms with Crippen molar-refractivity contribution < 1.29 is 13.5 Å². The summed E-state index contributed by atoms with van der Waals surface area (Å²) in [5, 5.41) is 11.4. The smallest absolute Gasteiger partial charge is 0.387 e. The first-order chi connectivity index (χ1) is 10.9. The summed E-state index contributed by atoms with van der Waals surface area (Å²) in [7, 11) is 0. The zero-order valence-corrected chi connectivity index (χ0v) is 12.7. The fraction of sp³-hybridized carbons (Fsp3) is 0.286. The highest BCUT2D eigenvalue weighted by atomic mass is 19.3. The van der Waals surface area contributed by atoms with E-state index in [2.05, 4.69) is 30.4 Å². The van der Waals surface area contributed by atoms with Gasteiger partial charge < -0.3 is 4.74 Å². The minimum Gasteiger partial charge on any atom is -0.434 e. The Bertz CT molecular complexity index is 789. The number of aryl methyl sites for hydroxylation is 2. The molecule has 9 heteroatoms. The van der Waals surface area contributed by atoms with Gasteiger partial charge in [-0.3, -0.25) is 9.78 Å². The van der Waals surface area contributed by atoms with Crippen LogP contribution in [0, 0.1) is 13.8 Å².